The summed E-state index contributed by atoms with van der Waals surface area (Å²) in [6.07, 6.45) is 6.21. The lowest BCUT2D eigenvalue weighted by Crippen LogP contribution is -2.50. The summed E-state index contributed by atoms with van der Waals surface area (Å²) in [6.45, 7) is 5.36. The van der Waals surface area contributed by atoms with Gasteiger partial charge in [-0.1, -0.05) is 18.0 Å². The van der Waals surface area contributed by atoms with E-state index in [4.69, 9.17) is 4.52 Å². The molecular formula is C18H28N4O3. The number of nitrogens with zero attached hydrogens (tertiary/aromatic N) is 2. The van der Waals surface area contributed by atoms with E-state index < -0.39 is 0 Å². The van der Waals surface area contributed by atoms with Gasteiger partial charge in [0.2, 0.25) is 5.91 Å². The van der Waals surface area contributed by atoms with Gasteiger partial charge in [-0.25, -0.2) is 4.79 Å². The first-order valence-electron chi connectivity index (χ1n) is 9.29. The highest BCUT2D eigenvalue weighted by Gasteiger charge is 2.29. The van der Waals surface area contributed by atoms with Crippen LogP contribution >= 0.6 is 0 Å². The van der Waals surface area contributed by atoms with Gasteiger partial charge in [-0.2, -0.15) is 0 Å². The molecule has 0 radical (unpaired) electrons. The zero-order chi connectivity index (χ0) is 17.8. The molecule has 2 heterocycles. The van der Waals surface area contributed by atoms with Gasteiger partial charge in [0, 0.05) is 31.2 Å². The summed E-state index contributed by atoms with van der Waals surface area (Å²) < 4.78 is 5.12. The van der Waals surface area contributed by atoms with Crippen LogP contribution in [0, 0.1) is 19.8 Å². The molecule has 1 aliphatic carbocycles. The third-order valence-electron chi connectivity index (χ3n) is 5.38. The first-order chi connectivity index (χ1) is 12.0. The summed E-state index contributed by atoms with van der Waals surface area (Å²) in [5.41, 5.74) is 1.74. The Morgan fingerprint density at radius 1 is 1.20 bits per heavy atom. The van der Waals surface area contributed by atoms with Crippen molar-refractivity contribution >= 4 is 11.9 Å². The Kier molecular flexibility index (Phi) is 5.60. The van der Waals surface area contributed by atoms with E-state index in [0.717, 1.165) is 49.2 Å². The number of piperidine rings is 1. The maximum atomic E-state index is 12.5. The lowest BCUT2D eigenvalue weighted by atomic mass is 9.97. The number of hydrogen-bond donors (Lipinski definition) is 2. The Labute approximate surface area is 148 Å². The van der Waals surface area contributed by atoms with E-state index in [1.807, 2.05) is 13.8 Å². The molecule has 2 aliphatic rings. The van der Waals surface area contributed by atoms with Gasteiger partial charge in [0.25, 0.3) is 0 Å². The van der Waals surface area contributed by atoms with Crippen molar-refractivity contribution in [3.05, 3.63) is 17.0 Å². The molecule has 1 atom stereocenters. The van der Waals surface area contributed by atoms with Crippen LogP contribution < -0.4 is 10.6 Å². The van der Waals surface area contributed by atoms with E-state index in [2.05, 4.69) is 15.8 Å². The second-order valence-electron chi connectivity index (χ2n) is 7.24. The molecule has 0 aromatic carbocycles. The van der Waals surface area contributed by atoms with E-state index in [9.17, 15) is 9.59 Å². The van der Waals surface area contributed by atoms with Gasteiger partial charge in [-0.15, -0.1) is 0 Å². The molecule has 3 rings (SSSR count). The maximum absolute atomic E-state index is 12.5. The summed E-state index contributed by atoms with van der Waals surface area (Å²) in [5, 5.41) is 9.99. The Morgan fingerprint density at radius 3 is 2.64 bits per heavy atom. The molecule has 1 saturated carbocycles. The van der Waals surface area contributed by atoms with Gasteiger partial charge in [0.05, 0.1) is 11.6 Å². The predicted octanol–water partition coefficient (Wildman–Crippen LogP) is 2.27. The molecular weight excluding hydrogens is 320 g/mol. The van der Waals surface area contributed by atoms with E-state index >= 15 is 0 Å². The lowest BCUT2D eigenvalue weighted by molar-refractivity contribution is -0.126. The number of aryl methyl sites for hydroxylation is 2. The molecule has 1 saturated heterocycles. The zero-order valence-corrected chi connectivity index (χ0v) is 15.1. The number of urea groups is 1. The van der Waals surface area contributed by atoms with E-state index in [1.54, 1.807) is 4.90 Å². The van der Waals surface area contributed by atoms with Crippen molar-refractivity contribution in [3.8, 4) is 0 Å². The minimum Gasteiger partial charge on any atom is -0.361 e. The number of nitrogens with one attached hydrogen (secondary N) is 2. The normalized spacial score (nSPS) is 21.4. The maximum Gasteiger partial charge on any atom is 0.317 e. The average molecular weight is 348 g/mol. The smallest absolute Gasteiger partial charge is 0.317 e. The van der Waals surface area contributed by atoms with E-state index in [-0.39, 0.29) is 17.9 Å². The van der Waals surface area contributed by atoms with Crippen LogP contribution in [0.5, 0.6) is 0 Å². The second kappa shape index (κ2) is 7.89. The van der Waals surface area contributed by atoms with Gasteiger partial charge in [-0.05, 0) is 39.5 Å². The topological polar surface area (TPSA) is 87.5 Å². The average Bonchev–Trinajstić information content (AvgIpc) is 3.23. The van der Waals surface area contributed by atoms with Crippen LogP contribution in [0.3, 0.4) is 0 Å². The minimum absolute atomic E-state index is 0.00151. The molecule has 7 heteroatoms. The molecule has 138 valence electrons. The molecule has 0 spiro atoms. The molecule has 2 N–H and O–H groups in total. The number of rotatable bonds is 4. The van der Waals surface area contributed by atoms with Crippen LogP contribution in [-0.2, 0) is 11.3 Å². The van der Waals surface area contributed by atoms with Crippen LogP contribution in [0.4, 0.5) is 4.79 Å². The number of aromatic nitrogens is 1. The summed E-state index contributed by atoms with van der Waals surface area (Å²) in [7, 11) is 0. The SMILES string of the molecule is Cc1noc(C)c1CNC(=O)C1CCCN(C(=O)NC2CCCC2)C1. The van der Waals surface area contributed by atoms with E-state index in [1.165, 1.54) is 12.8 Å². The van der Waals surface area contributed by atoms with Crippen LogP contribution in [-0.4, -0.2) is 41.1 Å². The standard InChI is InChI=1S/C18H28N4O3/c1-12-16(13(2)25-21-12)10-19-17(23)14-6-5-9-22(11-14)18(24)20-15-7-3-4-8-15/h14-15H,3-11H2,1-2H3,(H,19,23)(H,20,24). The number of carbonyl (C=O) groups excluding carboxylic acids is 2. The molecule has 25 heavy (non-hydrogen) atoms. The fourth-order valence-electron chi connectivity index (χ4n) is 3.79. The van der Waals surface area contributed by atoms with Crippen molar-refractivity contribution in [1.29, 1.82) is 0 Å². The van der Waals surface area contributed by atoms with Crippen molar-refractivity contribution in [2.45, 2.75) is 65.0 Å². The Bertz CT molecular complexity index is 602. The molecule has 0 bridgehead atoms. The predicted molar refractivity (Wildman–Crippen MR) is 92.9 cm³/mol. The summed E-state index contributed by atoms with van der Waals surface area (Å²) in [5.74, 6) is 0.584. The van der Waals surface area contributed by atoms with Crippen molar-refractivity contribution in [1.82, 2.24) is 20.7 Å². The number of amides is 3. The molecule has 7 nitrogen and oxygen atoms in total. The van der Waals surface area contributed by atoms with Crippen LogP contribution in [0.2, 0.25) is 0 Å². The summed E-state index contributed by atoms with van der Waals surface area (Å²) in [6, 6.07) is 0.288. The lowest BCUT2D eigenvalue weighted by Gasteiger charge is -2.33. The number of carbonyl (C=O) groups is 2. The highest BCUT2D eigenvalue weighted by atomic mass is 16.5. The van der Waals surface area contributed by atoms with Gasteiger partial charge >= 0.3 is 6.03 Å². The van der Waals surface area contributed by atoms with Crippen LogP contribution in [0.15, 0.2) is 4.52 Å². The van der Waals surface area contributed by atoms with Gasteiger partial charge in [-0.3, -0.25) is 4.79 Å². The summed E-state index contributed by atoms with van der Waals surface area (Å²) >= 11 is 0. The van der Waals surface area contributed by atoms with Gasteiger partial charge < -0.3 is 20.1 Å². The highest BCUT2D eigenvalue weighted by Crippen LogP contribution is 2.20. The minimum atomic E-state index is -0.149. The third kappa shape index (κ3) is 4.32. The largest absolute Gasteiger partial charge is 0.361 e. The highest BCUT2D eigenvalue weighted by molar-refractivity contribution is 5.81. The first-order valence-corrected chi connectivity index (χ1v) is 9.29. The molecule has 2 fully saturated rings. The quantitative estimate of drug-likeness (QED) is 0.874. The fourth-order valence-corrected chi connectivity index (χ4v) is 3.79. The van der Waals surface area contributed by atoms with Crippen molar-refractivity contribution in [2.75, 3.05) is 13.1 Å². The molecule has 1 aromatic rings. The fraction of sp³-hybridized carbons (Fsp3) is 0.722. The Hall–Kier alpha value is -2.05. The monoisotopic (exact) mass is 348 g/mol. The van der Waals surface area contributed by atoms with Crippen molar-refractivity contribution < 1.29 is 14.1 Å². The molecule has 1 aromatic heterocycles. The number of likely N-dealkylation sites (tertiary alicyclic amines) is 1. The Balaban J connectivity index is 1.50. The second-order valence-corrected chi connectivity index (χ2v) is 7.24. The molecule has 1 aliphatic heterocycles. The van der Waals surface area contributed by atoms with Crippen molar-refractivity contribution in [3.63, 3.8) is 0 Å². The molecule has 1 unspecified atom stereocenters. The molecule has 3 amide bonds. The number of hydrogen-bond acceptors (Lipinski definition) is 4. The van der Waals surface area contributed by atoms with Crippen LogP contribution in [0.25, 0.3) is 0 Å². The van der Waals surface area contributed by atoms with Gasteiger partial charge in [0.1, 0.15) is 5.76 Å². The first kappa shape index (κ1) is 17.8. The van der Waals surface area contributed by atoms with Crippen molar-refractivity contribution in [2.24, 2.45) is 5.92 Å². The van der Waals surface area contributed by atoms with Crippen LogP contribution in [0.1, 0.15) is 55.5 Å². The van der Waals surface area contributed by atoms with E-state index in [0.29, 0.717) is 19.1 Å². The summed E-state index contributed by atoms with van der Waals surface area (Å²) in [4.78, 5) is 26.7. The Morgan fingerprint density at radius 2 is 1.96 bits per heavy atom. The van der Waals surface area contributed by atoms with Gasteiger partial charge in [0.15, 0.2) is 0 Å². The third-order valence-corrected chi connectivity index (χ3v) is 5.38. The zero-order valence-electron chi connectivity index (χ0n) is 15.1.